The van der Waals surface area contributed by atoms with Gasteiger partial charge in [0.25, 0.3) is 0 Å². The minimum atomic E-state index is 0.348. The Morgan fingerprint density at radius 3 is 1.65 bits per heavy atom. The van der Waals surface area contributed by atoms with E-state index >= 15 is 0 Å². The summed E-state index contributed by atoms with van der Waals surface area (Å²) in [4.78, 5) is 0. The lowest BCUT2D eigenvalue weighted by molar-refractivity contribution is 0.474. The van der Waals surface area contributed by atoms with Gasteiger partial charge in [0, 0.05) is 0 Å². The van der Waals surface area contributed by atoms with Crippen LogP contribution in [0.25, 0.3) is 0 Å². The molecule has 100 valence electrons. The van der Waals surface area contributed by atoms with Crippen LogP contribution < -0.4 is 0 Å². The summed E-state index contributed by atoms with van der Waals surface area (Å²) < 4.78 is 0. The molecular formula is C16H30O. The molecule has 0 aliphatic carbocycles. The normalized spacial score (nSPS) is 10.8. The van der Waals surface area contributed by atoms with E-state index in [0.29, 0.717) is 11.7 Å². The van der Waals surface area contributed by atoms with Gasteiger partial charge in [-0.25, -0.2) is 0 Å². The van der Waals surface area contributed by atoms with Gasteiger partial charge in [-0.3, -0.25) is 0 Å². The fraction of sp³-hybridized carbons (Fsp3) is 0.625. The zero-order valence-electron chi connectivity index (χ0n) is 12.6. The molecule has 1 rings (SSSR count). The van der Waals surface area contributed by atoms with Gasteiger partial charge in [0.15, 0.2) is 0 Å². The molecule has 1 aromatic rings. The number of rotatable bonds is 3. The van der Waals surface area contributed by atoms with Gasteiger partial charge in [-0.2, -0.15) is 0 Å². The molecule has 1 atom stereocenters. The molecule has 17 heavy (non-hydrogen) atoms. The van der Waals surface area contributed by atoms with Crippen molar-refractivity contribution in [2.45, 2.75) is 60.8 Å². The smallest absolute Gasteiger partial charge is 0.115 e. The summed E-state index contributed by atoms with van der Waals surface area (Å²) in [6, 6.07) is 7.52. The molecule has 1 nitrogen and oxygen atoms in total. The van der Waals surface area contributed by atoms with Crippen molar-refractivity contribution in [3.63, 3.8) is 0 Å². The van der Waals surface area contributed by atoms with Gasteiger partial charge in [0.2, 0.25) is 0 Å². The quantitative estimate of drug-likeness (QED) is 0.727. The van der Waals surface area contributed by atoms with Crippen LogP contribution in [0.1, 0.15) is 66.4 Å². The van der Waals surface area contributed by atoms with Gasteiger partial charge in [0.1, 0.15) is 5.75 Å². The van der Waals surface area contributed by atoms with Crippen LogP contribution in [0.3, 0.4) is 0 Å². The van der Waals surface area contributed by atoms with Crippen molar-refractivity contribution in [3.8, 4) is 5.75 Å². The van der Waals surface area contributed by atoms with E-state index in [4.69, 9.17) is 5.11 Å². The molecule has 1 aromatic carbocycles. The van der Waals surface area contributed by atoms with Gasteiger partial charge < -0.3 is 5.11 Å². The van der Waals surface area contributed by atoms with Gasteiger partial charge >= 0.3 is 0 Å². The summed E-state index contributed by atoms with van der Waals surface area (Å²) >= 11 is 0. The second kappa shape index (κ2) is 11.5. The number of benzene rings is 1. The standard InChI is InChI=1S/C12H18O.2C2H6/c1-9(2)8-10(3)11-4-6-12(13)7-5-11;2*1-2/h4-7,9-10,13H,8H2,1-3H3;2*1-2H3. The summed E-state index contributed by atoms with van der Waals surface area (Å²) in [5, 5.41) is 9.12. The highest BCUT2D eigenvalue weighted by Gasteiger charge is 2.07. The van der Waals surface area contributed by atoms with Crippen molar-refractivity contribution in [1.82, 2.24) is 0 Å². The van der Waals surface area contributed by atoms with Crippen LogP contribution in [0, 0.1) is 5.92 Å². The molecule has 0 spiro atoms. The molecule has 1 heteroatoms. The van der Waals surface area contributed by atoms with E-state index in [1.807, 2.05) is 39.8 Å². The monoisotopic (exact) mass is 238 g/mol. The van der Waals surface area contributed by atoms with Crippen LogP contribution in [0.5, 0.6) is 5.75 Å². The maximum Gasteiger partial charge on any atom is 0.115 e. The van der Waals surface area contributed by atoms with E-state index in [1.165, 1.54) is 12.0 Å². The van der Waals surface area contributed by atoms with Crippen molar-refractivity contribution in [2.75, 3.05) is 0 Å². The van der Waals surface area contributed by atoms with E-state index < -0.39 is 0 Å². The first kappa shape index (κ1) is 18.4. The molecule has 1 unspecified atom stereocenters. The zero-order valence-corrected chi connectivity index (χ0v) is 12.6. The van der Waals surface area contributed by atoms with Gasteiger partial charge in [-0.05, 0) is 36.0 Å². The molecule has 0 saturated heterocycles. The lowest BCUT2D eigenvalue weighted by Crippen LogP contribution is -1.98. The average Bonchev–Trinajstić information content (AvgIpc) is 2.34. The molecule has 1 N–H and O–H groups in total. The van der Waals surface area contributed by atoms with Crippen molar-refractivity contribution in [3.05, 3.63) is 29.8 Å². The molecule has 0 fully saturated rings. The summed E-state index contributed by atoms with van der Waals surface area (Å²) in [6.45, 7) is 14.7. The van der Waals surface area contributed by atoms with Crippen molar-refractivity contribution < 1.29 is 5.11 Å². The van der Waals surface area contributed by atoms with Gasteiger partial charge in [-0.15, -0.1) is 0 Å². The van der Waals surface area contributed by atoms with E-state index in [2.05, 4.69) is 20.8 Å². The Bertz CT molecular complexity index is 249. The SMILES string of the molecule is CC.CC.CC(C)CC(C)c1ccc(O)cc1. The first-order valence-corrected chi connectivity index (χ1v) is 6.88. The van der Waals surface area contributed by atoms with Gasteiger partial charge in [0.05, 0.1) is 0 Å². The van der Waals surface area contributed by atoms with E-state index in [9.17, 15) is 0 Å². The number of phenols is 1. The lowest BCUT2D eigenvalue weighted by atomic mass is 9.92. The Balaban J connectivity index is 0. The van der Waals surface area contributed by atoms with Crippen LogP contribution in [0.15, 0.2) is 24.3 Å². The third kappa shape index (κ3) is 8.79. The Labute approximate surface area is 108 Å². The number of hydrogen-bond acceptors (Lipinski definition) is 1. The minimum Gasteiger partial charge on any atom is -0.508 e. The topological polar surface area (TPSA) is 20.2 Å². The number of phenolic OH excluding ortho intramolecular Hbond substituents is 1. The highest BCUT2D eigenvalue weighted by atomic mass is 16.3. The highest BCUT2D eigenvalue weighted by molar-refractivity contribution is 5.27. The second-order valence-electron chi connectivity index (χ2n) is 4.12. The van der Waals surface area contributed by atoms with Crippen LogP contribution in [0.2, 0.25) is 0 Å². The zero-order chi connectivity index (χ0) is 13.8. The first-order valence-electron chi connectivity index (χ1n) is 6.88. The Kier molecular flexibility index (Phi) is 12.4. The summed E-state index contributed by atoms with van der Waals surface area (Å²) in [6.07, 6.45) is 1.20. The molecule has 0 aliphatic heterocycles. The average molecular weight is 238 g/mol. The van der Waals surface area contributed by atoms with E-state index in [0.717, 1.165) is 5.92 Å². The molecule has 0 aromatic heterocycles. The van der Waals surface area contributed by atoms with Crippen LogP contribution in [-0.2, 0) is 0 Å². The molecular weight excluding hydrogens is 208 g/mol. The highest BCUT2D eigenvalue weighted by Crippen LogP contribution is 2.24. The van der Waals surface area contributed by atoms with Gasteiger partial charge in [-0.1, -0.05) is 60.6 Å². The fourth-order valence-electron chi connectivity index (χ4n) is 1.65. The fourth-order valence-corrected chi connectivity index (χ4v) is 1.65. The largest absolute Gasteiger partial charge is 0.508 e. The van der Waals surface area contributed by atoms with Crippen molar-refractivity contribution in [2.24, 2.45) is 5.92 Å². The van der Waals surface area contributed by atoms with Crippen molar-refractivity contribution in [1.29, 1.82) is 0 Å². The van der Waals surface area contributed by atoms with Crippen LogP contribution in [0.4, 0.5) is 0 Å². The molecule has 0 amide bonds. The summed E-state index contributed by atoms with van der Waals surface area (Å²) in [7, 11) is 0. The van der Waals surface area contributed by atoms with Crippen molar-refractivity contribution >= 4 is 0 Å². The second-order valence-corrected chi connectivity index (χ2v) is 4.12. The molecule has 0 bridgehead atoms. The molecule has 0 aliphatic rings. The predicted octanol–water partition coefficient (Wildman–Crippen LogP) is 5.59. The minimum absolute atomic E-state index is 0.348. The number of aromatic hydroxyl groups is 1. The maximum atomic E-state index is 9.12. The van der Waals surface area contributed by atoms with Crippen LogP contribution in [-0.4, -0.2) is 5.11 Å². The Morgan fingerprint density at radius 2 is 1.29 bits per heavy atom. The summed E-state index contributed by atoms with van der Waals surface area (Å²) in [5.74, 6) is 1.66. The predicted molar refractivity (Wildman–Crippen MR) is 78.7 cm³/mol. The van der Waals surface area contributed by atoms with E-state index in [-0.39, 0.29) is 0 Å². The maximum absolute atomic E-state index is 9.12. The molecule has 0 heterocycles. The lowest BCUT2D eigenvalue weighted by Gasteiger charge is -2.14. The molecule has 0 radical (unpaired) electrons. The number of hydrogen-bond donors (Lipinski definition) is 1. The summed E-state index contributed by atoms with van der Waals surface area (Å²) in [5.41, 5.74) is 1.31. The Hall–Kier alpha value is -0.980. The third-order valence-corrected chi connectivity index (χ3v) is 2.29. The Morgan fingerprint density at radius 1 is 0.882 bits per heavy atom. The van der Waals surface area contributed by atoms with Crippen LogP contribution >= 0.6 is 0 Å². The molecule has 0 saturated carbocycles. The third-order valence-electron chi connectivity index (χ3n) is 2.29. The first-order chi connectivity index (χ1) is 8.09. The van der Waals surface area contributed by atoms with E-state index in [1.54, 1.807) is 12.1 Å².